The second kappa shape index (κ2) is 7.32. The summed E-state index contributed by atoms with van der Waals surface area (Å²) in [5, 5.41) is 4.58. The van der Waals surface area contributed by atoms with Gasteiger partial charge in [0, 0.05) is 17.3 Å². The predicted octanol–water partition coefficient (Wildman–Crippen LogP) is 4.00. The molecule has 3 N–H and O–H groups in total. The molecule has 2 heterocycles. The van der Waals surface area contributed by atoms with Crippen LogP contribution in [0.4, 0.5) is 11.4 Å². The van der Waals surface area contributed by atoms with Crippen LogP contribution in [-0.2, 0) is 10.3 Å². The summed E-state index contributed by atoms with van der Waals surface area (Å²) in [6.45, 7) is 2.96. The number of rotatable bonds is 3. The number of ether oxygens (including phenoxy) is 1. The van der Waals surface area contributed by atoms with Gasteiger partial charge >= 0.3 is 0 Å². The van der Waals surface area contributed by atoms with Crippen molar-refractivity contribution in [3.8, 4) is 0 Å². The molecule has 5 nitrogen and oxygen atoms in total. The van der Waals surface area contributed by atoms with Crippen LogP contribution in [0, 0.1) is 0 Å². The quantitative estimate of drug-likeness (QED) is 0.732. The fraction of sp³-hybridized carbons (Fsp3) is 0.200. The van der Waals surface area contributed by atoms with Crippen LogP contribution in [0.3, 0.4) is 0 Å². The molecule has 0 saturated heterocycles. The van der Waals surface area contributed by atoms with Gasteiger partial charge in [0.2, 0.25) is 0 Å². The molecule has 0 radical (unpaired) electrons. The third-order valence-corrected chi connectivity index (χ3v) is 4.42. The molecular formula is C20H21ClN4O. The molecule has 0 fully saturated rings. The smallest absolute Gasteiger partial charge is 0.121 e. The molecule has 26 heavy (non-hydrogen) atoms. The van der Waals surface area contributed by atoms with Crippen molar-refractivity contribution in [3.05, 3.63) is 66.4 Å². The molecule has 0 aliphatic carbocycles. The van der Waals surface area contributed by atoms with Crippen LogP contribution >= 0.6 is 12.4 Å². The van der Waals surface area contributed by atoms with Crippen LogP contribution in [-0.4, -0.2) is 24.0 Å². The number of nitrogens with one attached hydrogen (secondary N) is 1. The Morgan fingerprint density at radius 1 is 1.12 bits per heavy atom. The number of amidine groups is 1. The summed E-state index contributed by atoms with van der Waals surface area (Å²) in [4.78, 5) is 9.10. The van der Waals surface area contributed by atoms with E-state index in [9.17, 15) is 0 Å². The number of anilines is 2. The molecule has 1 aliphatic heterocycles. The van der Waals surface area contributed by atoms with Crippen LogP contribution in [0.1, 0.15) is 12.5 Å². The molecule has 0 bridgehead atoms. The van der Waals surface area contributed by atoms with Crippen molar-refractivity contribution in [1.82, 2.24) is 4.98 Å². The number of benzene rings is 2. The molecule has 2 aromatic carbocycles. The lowest BCUT2D eigenvalue weighted by Crippen LogP contribution is -2.37. The van der Waals surface area contributed by atoms with E-state index in [2.05, 4.69) is 39.6 Å². The van der Waals surface area contributed by atoms with Crippen LogP contribution < -0.4 is 11.1 Å². The van der Waals surface area contributed by atoms with E-state index in [1.165, 1.54) is 0 Å². The highest BCUT2D eigenvalue weighted by molar-refractivity contribution is 5.92. The van der Waals surface area contributed by atoms with Gasteiger partial charge in [0.15, 0.2) is 0 Å². The molecule has 1 aliphatic rings. The van der Waals surface area contributed by atoms with Gasteiger partial charge in [-0.25, -0.2) is 0 Å². The van der Waals surface area contributed by atoms with Crippen molar-refractivity contribution in [2.45, 2.75) is 12.5 Å². The molecule has 0 saturated carbocycles. The van der Waals surface area contributed by atoms with Crippen molar-refractivity contribution in [3.63, 3.8) is 0 Å². The minimum Gasteiger partial charge on any atom is -0.386 e. The summed E-state index contributed by atoms with van der Waals surface area (Å²) in [6.07, 6.45) is 1.81. The van der Waals surface area contributed by atoms with Gasteiger partial charge in [-0.3, -0.25) is 9.98 Å². The zero-order valence-corrected chi connectivity index (χ0v) is 15.3. The van der Waals surface area contributed by atoms with Crippen molar-refractivity contribution in [2.75, 3.05) is 18.5 Å². The number of halogens is 1. The van der Waals surface area contributed by atoms with Gasteiger partial charge in [-0.15, -0.1) is 12.4 Å². The number of pyridine rings is 1. The maximum Gasteiger partial charge on any atom is 0.121 e. The molecule has 1 aromatic heterocycles. The van der Waals surface area contributed by atoms with Crippen LogP contribution in [0.2, 0.25) is 0 Å². The number of aliphatic imine (C=N–C) groups is 1. The number of fused-ring (bicyclic) bond motifs is 1. The van der Waals surface area contributed by atoms with E-state index in [0.717, 1.165) is 27.8 Å². The third kappa shape index (κ3) is 3.49. The maximum absolute atomic E-state index is 5.87. The van der Waals surface area contributed by atoms with Gasteiger partial charge < -0.3 is 15.8 Å². The van der Waals surface area contributed by atoms with E-state index < -0.39 is 5.54 Å². The SMILES string of the molecule is CC1(c2cccc(Nc3cccc4cccnc34)c2)COCC(N)=N1.Cl. The topological polar surface area (TPSA) is 72.5 Å². The number of para-hydroxylation sites is 1. The minimum absolute atomic E-state index is 0. The Morgan fingerprint density at radius 3 is 2.77 bits per heavy atom. The summed E-state index contributed by atoms with van der Waals surface area (Å²) < 4.78 is 5.58. The predicted molar refractivity (Wildman–Crippen MR) is 109 cm³/mol. The number of nitrogens with zero attached hydrogens (tertiary/aromatic N) is 2. The van der Waals surface area contributed by atoms with E-state index in [1.54, 1.807) is 0 Å². The van der Waals surface area contributed by atoms with Gasteiger partial charge in [-0.2, -0.15) is 0 Å². The van der Waals surface area contributed by atoms with Crippen LogP contribution in [0.15, 0.2) is 65.8 Å². The monoisotopic (exact) mass is 368 g/mol. The van der Waals surface area contributed by atoms with Crippen molar-refractivity contribution < 1.29 is 4.74 Å². The molecule has 0 amide bonds. The van der Waals surface area contributed by atoms with Gasteiger partial charge in [-0.1, -0.05) is 30.3 Å². The Bertz CT molecular complexity index is 954. The molecule has 6 heteroatoms. The minimum atomic E-state index is -0.461. The Labute approximate surface area is 158 Å². The molecule has 1 unspecified atom stereocenters. The largest absolute Gasteiger partial charge is 0.386 e. The Hall–Kier alpha value is -2.63. The lowest BCUT2D eigenvalue weighted by Gasteiger charge is -2.30. The number of hydrogen-bond acceptors (Lipinski definition) is 5. The van der Waals surface area contributed by atoms with E-state index in [-0.39, 0.29) is 12.4 Å². The first-order valence-electron chi connectivity index (χ1n) is 8.27. The number of aromatic nitrogens is 1. The summed E-state index contributed by atoms with van der Waals surface area (Å²) in [5.41, 5.74) is 9.38. The molecule has 3 aromatic rings. The van der Waals surface area contributed by atoms with Crippen molar-refractivity contribution in [2.24, 2.45) is 10.7 Å². The fourth-order valence-corrected chi connectivity index (χ4v) is 3.18. The summed E-state index contributed by atoms with van der Waals surface area (Å²) in [7, 11) is 0. The number of hydrogen-bond donors (Lipinski definition) is 2. The van der Waals surface area contributed by atoms with Gasteiger partial charge in [0.1, 0.15) is 18.0 Å². The molecule has 4 rings (SSSR count). The maximum atomic E-state index is 5.87. The average molecular weight is 369 g/mol. The van der Waals surface area contributed by atoms with Crippen molar-refractivity contribution in [1.29, 1.82) is 0 Å². The van der Waals surface area contributed by atoms with Gasteiger partial charge in [-0.05, 0) is 36.8 Å². The first-order valence-corrected chi connectivity index (χ1v) is 8.27. The standard InChI is InChI=1S/C20H20N4O.ClH/c1-20(13-25-12-18(21)24-20)15-7-3-8-16(11-15)23-17-9-2-5-14-6-4-10-22-19(14)17;/h2-11,23H,12-13H2,1H3,(H2,21,24);1H. The fourth-order valence-electron chi connectivity index (χ4n) is 3.18. The van der Waals surface area contributed by atoms with E-state index in [4.69, 9.17) is 10.5 Å². The first-order chi connectivity index (χ1) is 12.1. The van der Waals surface area contributed by atoms with Crippen molar-refractivity contribution >= 4 is 40.5 Å². The van der Waals surface area contributed by atoms with Gasteiger partial charge in [0.05, 0.1) is 17.8 Å². The normalized spacial score (nSPS) is 19.5. The lowest BCUT2D eigenvalue weighted by molar-refractivity contribution is 0.106. The second-order valence-electron chi connectivity index (χ2n) is 6.46. The molecule has 1 atom stereocenters. The highest BCUT2D eigenvalue weighted by atomic mass is 35.5. The Kier molecular flexibility index (Phi) is 5.11. The first kappa shape index (κ1) is 18.2. The summed E-state index contributed by atoms with van der Waals surface area (Å²) in [5.74, 6) is 0.533. The summed E-state index contributed by atoms with van der Waals surface area (Å²) >= 11 is 0. The highest BCUT2D eigenvalue weighted by Gasteiger charge is 2.30. The van der Waals surface area contributed by atoms with Gasteiger partial charge in [0.25, 0.3) is 0 Å². The van der Waals surface area contributed by atoms with E-state index in [1.807, 2.05) is 43.5 Å². The van der Waals surface area contributed by atoms with E-state index in [0.29, 0.717) is 19.0 Å². The number of nitrogens with two attached hydrogens (primary N) is 1. The summed E-state index contributed by atoms with van der Waals surface area (Å²) in [6, 6.07) is 18.3. The van der Waals surface area contributed by atoms with E-state index >= 15 is 0 Å². The van der Waals surface area contributed by atoms with Crippen LogP contribution in [0.5, 0.6) is 0 Å². The average Bonchev–Trinajstić information content (AvgIpc) is 2.62. The van der Waals surface area contributed by atoms with Crippen LogP contribution in [0.25, 0.3) is 10.9 Å². The third-order valence-electron chi connectivity index (χ3n) is 4.42. The molecule has 134 valence electrons. The Balaban J connectivity index is 0.00000196. The molecular weight excluding hydrogens is 348 g/mol. The zero-order chi connectivity index (χ0) is 17.3. The second-order valence-corrected chi connectivity index (χ2v) is 6.46. The molecule has 0 spiro atoms. The highest BCUT2D eigenvalue weighted by Crippen LogP contribution is 2.31. The lowest BCUT2D eigenvalue weighted by atomic mass is 9.92. The zero-order valence-electron chi connectivity index (χ0n) is 14.5. The Morgan fingerprint density at radius 2 is 1.92 bits per heavy atom.